The van der Waals surface area contributed by atoms with Gasteiger partial charge < -0.3 is 20.4 Å². The van der Waals surface area contributed by atoms with Crippen molar-refractivity contribution in [1.29, 1.82) is 0 Å². The molecule has 33 heavy (non-hydrogen) atoms. The number of carbonyl (C=O) groups is 1. The highest BCUT2D eigenvalue weighted by Crippen LogP contribution is 2.17. The number of aryl methyl sites for hydroxylation is 3. The van der Waals surface area contributed by atoms with Gasteiger partial charge in [0.05, 0.1) is 24.2 Å². The Balaban J connectivity index is 0.00000385. The quantitative estimate of drug-likeness (QED) is 0.159. The smallest absolute Gasteiger partial charge is 0.287 e. The maximum atomic E-state index is 12.1. The minimum Gasteiger partial charge on any atom is -0.459 e. The molecule has 2 heterocycles. The highest BCUT2D eigenvalue weighted by molar-refractivity contribution is 14.0. The van der Waals surface area contributed by atoms with Gasteiger partial charge in [-0.25, -0.2) is 9.67 Å². The van der Waals surface area contributed by atoms with Crippen molar-refractivity contribution in [2.24, 2.45) is 4.99 Å². The van der Waals surface area contributed by atoms with Gasteiger partial charge >= 0.3 is 0 Å². The molecule has 8 nitrogen and oxygen atoms in total. The summed E-state index contributed by atoms with van der Waals surface area (Å²) in [6, 6.07) is 12.0. The van der Waals surface area contributed by atoms with E-state index in [0.29, 0.717) is 25.4 Å². The molecule has 178 valence electrons. The summed E-state index contributed by atoms with van der Waals surface area (Å²) < 4.78 is 7.18. The highest BCUT2D eigenvalue weighted by Gasteiger charge is 2.11. The van der Waals surface area contributed by atoms with Gasteiger partial charge in [0.25, 0.3) is 5.91 Å². The minimum atomic E-state index is -0.186. The molecule has 3 rings (SSSR count). The second kappa shape index (κ2) is 13.0. The molecule has 0 saturated carbocycles. The fourth-order valence-corrected chi connectivity index (χ4v) is 3.41. The van der Waals surface area contributed by atoms with Crippen LogP contribution < -0.4 is 16.0 Å². The van der Waals surface area contributed by atoms with E-state index in [-0.39, 0.29) is 29.9 Å². The molecule has 0 atom stereocenters. The minimum absolute atomic E-state index is 0. The summed E-state index contributed by atoms with van der Waals surface area (Å²) in [6.45, 7) is 10.5. The van der Waals surface area contributed by atoms with Crippen LogP contribution in [0.25, 0.3) is 5.69 Å². The fraction of sp³-hybridized carbons (Fsp3) is 0.375. The van der Waals surface area contributed by atoms with Crippen molar-refractivity contribution in [3.63, 3.8) is 0 Å². The van der Waals surface area contributed by atoms with E-state index in [0.717, 1.165) is 47.1 Å². The van der Waals surface area contributed by atoms with Crippen molar-refractivity contribution >= 4 is 35.8 Å². The van der Waals surface area contributed by atoms with Crippen LogP contribution in [0.4, 0.5) is 0 Å². The van der Waals surface area contributed by atoms with Gasteiger partial charge in [0.15, 0.2) is 11.7 Å². The Morgan fingerprint density at radius 2 is 1.85 bits per heavy atom. The largest absolute Gasteiger partial charge is 0.459 e. The first-order chi connectivity index (χ1) is 15.5. The van der Waals surface area contributed by atoms with E-state index < -0.39 is 0 Å². The van der Waals surface area contributed by atoms with Crippen molar-refractivity contribution in [2.45, 2.75) is 40.7 Å². The number of hydrogen-bond donors (Lipinski definition) is 3. The van der Waals surface area contributed by atoms with Gasteiger partial charge in [0.2, 0.25) is 0 Å². The molecule has 0 spiro atoms. The van der Waals surface area contributed by atoms with Gasteiger partial charge in [-0.3, -0.25) is 4.79 Å². The number of carbonyl (C=O) groups excluding carboxylic acids is 1. The molecular formula is C24H33IN6O2. The van der Waals surface area contributed by atoms with Gasteiger partial charge in [0, 0.05) is 30.9 Å². The summed E-state index contributed by atoms with van der Waals surface area (Å²) in [6.07, 6.45) is 2.29. The molecule has 0 saturated heterocycles. The number of amides is 1. The first kappa shape index (κ1) is 26.4. The van der Waals surface area contributed by atoms with Crippen LogP contribution in [-0.2, 0) is 6.54 Å². The van der Waals surface area contributed by atoms with Crippen LogP contribution in [0.5, 0.6) is 0 Å². The third-order valence-electron chi connectivity index (χ3n) is 4.98. The SMILES string of the molecule is CCNC(=NCc1ccccc1-n1nc(C)cc1C)NCCCNC(=O)c1occc1C.I. The topological polar surface area (TPSA) is 96.5 Å². The zero-order chi connectivity index (χ0) is 22.9. The summed E-state index contributed by atoms with van der Waals surface area (Å²) in [5.74, 6) is 0.923. The van der Waals surface area contributed by atoms with Crippen LogP contribution in [0.15, 0.2) is 52.1 Å². The van der Waals surface area contributed by atoms with Crippen molar-refractivity contribution in [3.8, 4) is 5.69 Å². The molecule has 9 heteroatoms. The number of para-hydroxylation sites is 1. The molecule has 0 aliphatic rings. The molecular weight excluding hydrogens is 531 g/mol. The number of furan rings is 1. The summed E-state index contributed by atoms with van der Waals surface area (Å²) >= 11 is 0. The molecule has 0 radical (unpaired) electrons. The average Bonchev–Trinajstić information content (AvgIpc) is 3.35. The van der Waals surface area contributed by atoms with E-state index in [1.807, 2.05) is 37.6 Å². The Hall–Kier alpha value is -2.82. The Morgan fingerprint density at radius 1 is 1.09 bits per heavy atom. The molecule has 2 aromatic heterocycles. The molecule has 1 aromatic carbocycles. The number of halogens is 1. The summed E-state index contributed by atoms with van der Waals surface area (Å²) in [4.78, 5) is 16.8. The van der Waals surface area contributed by atoms with Gasteiger partial charge in [-0.15, -0.1) is 24.0 Å². The maximum absolute atomic E-state index is 12.1. The first-order valence-corrected chi connectivity index (χ1v) is 11.0. The molecule has 1 amide bonds. The van der Waals surface area contributed by atoms with Crippen molar-refractivity contribution in [2.75, 3.05) is 19.6 Å². The number of rotatable bonds is 9. The zero-order valence-corrected chi connectivity index (χ0v) is 22.0. The van der Waals surface area contributed by atoms with Crippen LogP contribution in [0, 0.1) is 20.8 Å². The van der Waals surface area contributed by atoms with E-state index in [1.54, 1.807) is 6.07 Å². The average molecular weight is 564 g/mol. The number of hydrogen-bond acceptors (Lipinski definition) is 4. The first-order valence-electron chi connectivity index (χ1n) is 11.0. The van der Waals surface area contributed by atoms with Gasteiger partial charge in [0.1, 0.15) is 0 Å². The second-order valence-electron chi connectivity index (χ2n) is 7.63. The lowest BCUT2D eigenvalue weighted by molar-refractivity contribution is 0.0925. The normalized spacial score (nSPS) is 11.1. The predicted octanol–water partition coefficient (Wildman–Crippen LogP) is 3.88. The molecule has 3 N–H and O–H groups in total. The molecule has 3 aromatic rings. The number of nitrogens with one attached hydrogen (secondary N) is 3. The van der Waals surface area contributed by atoms with Crippen LogP contribution in [0.3, 0.4) is 0 Å². The zero-order valence-electron chi connectivity index (χ0n) is 19.6. The molecule has 0 bridgehead atoms. The van der Waals surface area contributed by atoms with E-state index in [2.05, 4.69) is 46.2 Å². The van der Waals surface area contributed by atoms with E-state index in [9.17, 15) is 4.79 Å². The van der Waals surface area contributed by atoms with Crippen LogP contribution in [0.1, 0.15) is 46.4 Å². The Kier molecular flexibility index (Phi) is 10.4. The third-order valence-corrected chi connectivity index (χ3v) is 4.98. The van der Waals surface area contributed by atoms with Gasteiger partial charge in [-0.2, -0.15) is 5.10 Å². The Morgan fingerprint density at radius 3 is 2.52 bits per heavy atom. The Bertz CT molecular complexity index is 1070. The van der Waals surface area contributed by atoms with Crippen LogP contribution in [-0.4, -0.2) is 41.3 Å². The molecule has 0 aliphatic carbocycles. The standard InChI is InChI=1S/C24H32N6O2.HI/c1-5-25-24(27-13-8-12-26-23(31)22-17(2)11-14-32-22)28-16-20-9-6-7-10-21(20)30-19(4)15-18(3)29-30;/h6-7,9-11,14-15H,5,8,12-13,16H2,1-4H3,(H,26,31)(H2,25,27,28);1H. The number of aromatic nitrogens is 2. The molecule has 0 fully saturated rings. The number of aliphatic imine (C=N–C) groups is 1. The van der Waals surface area contributed by atoms with Crippen LogP contribution in [0.2, 0.25) is 0 Å². The lowest BCUT2D eigenvalue weighted by Gasteiger charge is -2.13. The van der Waals surface area contributed by atoms with E-state index in [4.69, 9.17) is 9.41 Å². The van der Waals surface area contributed by atoms with Crippen molar-refractivity contribution in [3.05, 3.63) is 70.9 Å². The van der Waals surface area contributed by atoms with Crippen LogP contribution >= 0.6 is 24.0 Å². The number of guanidine groups is 1. The summed E-state index contributed by atoms with van der Waals surface area (Å²) in [5.41, 5.74) is 5.05. The number of nitrogens with zero attached hydrogens (tertiary/aromatic N) is 3. The maximum Gasteiger partial charge on any atom is 0.287 e. The van der Waals surface area contributed by atoms with E-state index in [1.165, 1.54) is 6.26 Å². The second-order valence-corrected chi connectivity index (χ2v) is 7.63. The summed E-state index contributed by atoms with van der Waals surface area (Å²) in [7, 11) is 0. The van der Waals surface area contributed by atoms with E-state index >= 15 is 0 Å². The monoisotopic (exact) mass is 564 g/mol. The predicted molar refractivity (Wildman–Crippen MR) is 142 cm³/mol. The van der Waals surface area contributed by atoms with Gasteiger partial charge in [-0.05, 0) is 57.9 Å². The lowest BCUT2D eigenvalue weighted by atomic mass is 10.2. The lowest BCUT2D eigenvalue weighted by Crippen LogP contribution is -2.38. The van der Waals surface area contributed by atoms with Gasteiger partial charge in [-0.1, -0.05) is 18.2 Å². The van der Waals surface area contributed by atoms with Crippen molar-refractivity contribution in [1.82, 2.24) is 25.7 Å². The molecule has 0 unspecified atom stereocenters. The summed E-state index contributed by atoms with van der Waals surface area (Å²) in [5, 5.41) is 14.1. The van der Waals surface area contributed by atoms with Crippen molar-refractivity contribution < 1.29 is 9.21 Å². The number of benzene rings is 1. The molecule has 0 aliphatic heterocycles. The third kappa shape index (κ3) is 7.34. The Labute approximate surface area is 212 Å². The fourth-order valence-electron chi connectivity index (χ4n) is 3.41. The highest BCUT2D eigenvalue weighted by atomic mass is 127.